The molecule has 0 aromatic heterocycles. The molecular formula is C21H27N3O5. The van der Waals surface area contributed by atoms with E-state index in [-0.39, 0.29) is 23.5 Å². The Balaban J connectivity index is 2.10. The number of nitro benzene ring substituents is 1. The molecule has 0 unspecified atom stereocenters. The Labute approximate surface area is 170 Å². The van der Waals surface area contributed by atoms with Crippen LogP contribution < -0.4 is 20.5 Å². The molecule has 1 amide bonds. The molecule has 0 aliphatic rings. The number of nitrogens with one attached hydrogen (secondary N) is 1. The number of benzene rings is 2. The maximum atomic E-state index is 12.5. The lowest BCUT2D eigenvalue weighted by Crippen LogP contribution is -2.24. The Morgan fingerprint density at radius 3 is 2.59 bits per heavy atom. The van der Waals surface area contributed by atoms with Gasteiger partial charge in [0.2, 0.25) is 0 Å². The van der Waals surface area contributed by atoms with Crippen LogP contribution in [0, 0.1) is 23.0 Å². The third kappa shape index (κ3) is 5.84. The van der Waals surface area contributed by atoms with Crippen LogP contribution in [0.15, 0.2) is 30.3 Å². The predicted octanol–water partition coefficient (Wildman–Crippen LogP) is 3.85. The Bertz CT molecular complexity index is 896. The van der Waals surface area contributed by atoms with E-state index in [9.17, 15) is 14.9 Å². The van der Waals surface area contributed by atoms with Crippen molar-refractivity contribution in [2.24, 2.45) is 5.92 Å². The van der Waals surface area contributed by atoms with Crippen LogP contribution in [0.5, 0.6) is 11.5 Å². The largest absolute Gasteiger partial charge is 0.493 e. The highest BCUT2D eigenvalue weighted by molar-refractivity contribution is 6.01. The van der Waals surface area contributed by atoms with Crippen LogP contribution in [0.1, 0.15) is 41.8 Å². The van der Waals surface area contributed by atoms with Crippen molar-refractivity contribution in [2.45, 2.75) is 33.7 Å². The van der Waals surface area contributed by atoms with Crippen molar-refractivity contribution in [2.75, 3.05) is 19.5 Å². The number of hydrogen-bond acceptors (Lipinski definition) is 6. The second kappa shape index (κ2) is 9.77. The molecule has 0 saturated carbocycles. The number of nitrogens with zero attached hydrogens (tertiary/aromatic N) is 1. The fourth-order valence-electron chi connectivity index (χ4n) is 2.74. The van der Waals surface area contributed by atoms with Gasteiger partial charge in [0.1, 0.15) is 5.69 Å². The summed E-state index contributed by atoms with van der Waals surface area (Å²) in [5.41, 5.74) is 6.85. The van der Waals surface area contributed by atoms with Gasteiger partial charge in [-0.3, -0.25) is 14.9 Å². The average molecular weight is 401 g/mol. The van der Waals surface area contributed by atoms with Crippen molar-refractivity contribution in [3.8, 4) is 11.5 Å². The van der Waals surface area contributed by atoms with Crippen LogP contribution in [0.4, 0.5) is 11.4 Å². The number of nitro groups is 1. The van der Waals surface area contributed by atoms with Gasteiger partial charge in [0.05, 0.1) is 24.2 Å². The van der Waals surface area contributed by atoms with Crippen molar-refractivity contribution < 1.29 is 19.2 Å². The van der Waals surface area contributed by atoms with E-state index >= 15 is 0 Å². The molecule has 156 valence electrons. The normalized spacial score (nSPS) is 10.7. The molecule has 0 radical (unpaired) electrons. The van der Waals surface area contributed by atoms with E-state index in [1.165, 1.54) is 12.1 Å². The lowest BCUT2D eigenvalue weighted by atomic mass is 10.1. The number of carbonyl (C=O) groups excluding carboxylic acids is 1. The number of aryl methyl sites for hydroxylation is 1. The summed E-state index contributed by atoms with van der Waals surface area (Å²) < 4.78 is 11.1. The quantitative estimate of drug-likeness (QED) is 0.374. The van der Waals surface area contributed by atoms with Crippen molar-refractivity contribution in [3.05, 3.63) is 57.1 Å². The molecule has 0 fully saturated rings. The molecule has 2 aromatic carbocycles. The van der Waals surface area contributed by atoms with Crippen LogP contribution in [-0.4, -0.2) is 24.5 Å². The van der Waals surface area contributed by atoms with Gasteiger partial charge in [0.25, 0.3) is 11.6 Å². The van der Waals surface area contributed by atoms with E-state index in [0.29, 0.717) is 29.6 Å². The van der Waals surface area contributed by atoms with E-state index in [1.54, 1.807) is 26.2 Å². The number of nitrogen functional groups attached to an aromatic ring is 1. The van der Waals surface area contributed by atoms with Gasteiger partial charge in [-0.2, -0.15) is 0 Å². The number of amides is 1. The molecule has 0 heterocycles. The van der Waals surface area contributed by atoms with Crippen molar-refractivity contribution in [1.29, 1.82) is 0 Å². The van der Waals surface area contributed by atoms with Gasteiger partial charge >= 0.3 is 0 Å². The maximum absolute atomic E-state index is 12.5. The third-order valence-electron chi connectivity index (χ3n) is 4.38. The first-order valence-corrected chi connectivity index (χ1v) is 9.35. The zero-order valence-corrected chi connectivity index (χ0v) is 17.2. The molecule has 0 aliphatic carbocycles. The number of methoxy groups -OCH3 is 1. The molecule has 0 bridgehead atoms. The van der Waals surface area contributed by atoms with Gasteiger partial charge < -0.3 is 20.5 Å². The first-order chi connectivity index (χ1) is 13.7. The van der Waals surface area contributed by atoms with Gasteiger partial charge in [0, 0.05) is 12.6 Å². The van der Waals surface area contributed by atoms with Crippen LogP contribution >= 0.6 is 0 Å². The summed E-state index contributed by atoms with van der Waals surface area (Å²) in [5.74, 6) is 1.28. The zero-order valence-electron chi connectivity index (χ0n) is 17.2. The molecule has 0 atom stereocenters. The fraction of sp³-hybridized carbons (Fsp3) is 0.381. The fourth-order valence-corrected chi connectivity index (χ4v) is 2.74. The van der Waals surface area contributed by atoms with Gasteiger partial charge in [0.15, 0.2) is 11.5 Å². The van der Waals surface area contributed by atoms with Gasteiger partial charge in [-0.25, -0.2) is 0 Å². The van der Waals surface area contributed by atoms with Crippen molar-refractivity contribution >= 4 is 17.3 Å². The third-order valence-corrected chi connectivity index (χ3v) is 4.38. The van der Waals surface area contributed by atoms with Crippen LogP contribution in [0.3, 0.4) is 0 Å². The topological polar surface area (TPSA) is 117 Å². The Morgan fingerprint density at radius 1 is 1.24 bits per heavy atom. The first-order valence-electron chi connectivity index (χ1n) is 9.35. The summed E-state index contributed by atoms with van der Waals surface area (Å²) in [7, 11) is 1.56. The van der Waals surface area contributed by atoms with Crippen LogP contribution in [-0.2, 0) is 6.54 Å². The van der Waals surface area contributed by atoms with Crippen molar-refractivity contribution in [1.82, 2.24) is 5.32 Å². The molecule has 8 heteroatoms. The second-order valence-electron chi connectivity index (χ2n) is 7.20. The van der Waals surface area contributed by atoms with Crippen molar-refractivity contribution in [3.63, 3.8) is 0 Å². The van der Waals surface area contributed by atoms with Gasteiger partial charge in [-0.1, -0.05) is 19.9 Å². The smallest absolute Gasteiger partial charge is 0.293 e. The van der Waals surface area contributed by atoms with E-state index < -0.39 is 10.8 Å². The maximum Gasteiger partial charge on any atom is 0.293 e. The van der Waals surface area contributed by atoms with E-state index in [4.69, 9.17) is 15.2 Å². The predicted molar refractivity (Wildman–Crippen MR) is 111 cm³/mol. The summed E-state index contributed by atoms with van der Waals surface area (Å²) in [5, 5.41) is 13.9. The average Bonchev–Trinajstić information content (AvgIpc) is 2.67. The highest BCUT2D eigenvalue weighted by atomic mass is 16.6. The molecule has 2 rings (SSSR count). The van der Waals surface area contributed by atoms with Gasteiger partial charge in [-0.05, 0) is 48.6 Å². The molecule has 0 spiro atoms. The molecule has 2 aromatic rings. The minimum absolute atomic E-state index is 0.0808. The Morgan fingerprint density at radius 2 is 1.97 bits per heavy atom. The number of nitrogens with two attached hydrogens (primary N) is 1. The minimum Gasteiger partial charge on any atom is -0.493 e. The summed E-state index contributed by atoms with van der Waals surface area (Å²) in [6.07, 6.45) is 0.936. The van der Waals surface area contributed by atoms with E-state index in [1.807, 2.05) is 6.07 Å². The Hall–Kier alpha value is -3.29. The first kappa shape index (κ1) is 22.0. The lowest BCUT2D eigenvalue weighted by molar-refractivity contribution is -0.384. The molecule has 8 nitrogen and oxygen atoms in total. The highest BCUT2D eigenvalue weighted by Crippen LogP contribution is 2.29. The summed E-state index contributed by atoms with van der Waals surface area (Å²) in [6, 6.07) is 8.29. The molecular weight excluding hydrogens is 374 g/mol. The highest BCUT2D eigenvalue weighted by Gasteiger charge is 2.20. The summed E-state index contributed by atoms with van der Waals surface area (Å²) in [4.78, 5) is 23.0. The molecule has 0 aliphatic heterocycles. The minimum atomic E-state index is -0.595. The van der Waals surface area contributed by atoms with Gasteiger partial charge in [-0.15, -0.1) is 0 Å². The van der Waals surface area contributed by atoms with Crippen LogP contribution in [0.25, 0.3) is 0 Å². The number of rotatable bonds is 9. The Kier molecular flexibility index (Phi) is 7.41. The van der Waals surface area contributed by atoms with Crippen LogP contribution in [0.2, 0.25) is 0 Å². The lowest BCUT2D eigenvalue weighted by Gasteiger charge is -2.14. The summed E-state index contributed by atoms with van der Waals surface area (Å²) in [6.45, 7) is 6.73. The monoisotopic (exact) mass is 401 g/mol. The standard InChI is InChI=1S/C21H27N3O5/c1-13(2)7-8-29-18-6-5-15(11-19(18)28-4)12-23-21(25)16-9-14(3)10-17(20(16)22)24(26)27/h5-6,9-11,13H,7-8,12,22H2,1-4H3,(H,23,25). The number of carbonyl (C=O) groups is 1. The molecule has 3 N–H and O–H groups in total. The molecule has 0 saturated heterocycles. The number of hydrogen-bond donors (Lipinski definition) is 2. The number of ether oxygens (including phenoxy) is 2. The SMILES string of the molecule is COc1cc(CNC(=O)c2cc(C)cc([N+](=O)[O-])c2N)ccc1OCCC(C)C. The zero-order chi connectivity index (χ0) is 21.6. The van der Waals surface area contributed by atoms with E-state index in [0.717, 1.165) is 12.0 Å². The summed E-state index contributed by atoms with van der Waals surface area (Å²) >= 11 is 0. The number of anilines is 1. The second-order valence-corrected chi connectivity index (χ2v) is 7.20. The van der Waals surface area contributed by atoms with E-state index in [2.05, 4.69) is 19.2 Å². The molecule has 29 heavy (non-hydrogen) atoms.